The number of rotatable bonds is 11. The summed E-state index contributed by atoms with van der Waals surface area (Å²) in [7, 11) is -7.74. The van der Waals surface area contributed by atoms with E-state index in [2.05, 4.69) is 0 Å². The van der Waals surface area contributed by atoms with E-state index in [1.165, 1.54) is 24.3 Å². The average Bonchev–Trinajstić information content (AvgIpc) is 2.58. The summed E-state index contributed by atoms with van der Waals surface area (Å²) in [6.45, 7) is 3.47. The van der Waals surface area contributed by atoms with Gasteiger partial charge in [0.2, 0.25) is 0 Å². The van der Waals surface area contributed by atoms with Crippen molar-refractivity contribution in [2.24, 2.45) is 0 Å². The number of aryl methyl sites for hydroxylation is 1. The van der Waals surface area contributed by atoms with Gasteiger partial charge in [-0.15, -0.1) is 11.4 Å². The van der Waals surface area contributed by atoms with Crippen molar-refractivity contribution in [3.05, 3.63) is 29.8 Å². The minimum Gasteiger partial charge on any atom is -0.784 e. The van der Waals surface area contributed by atoms with E-state index < -0.39 is 37.1 Å². The summed E-state index contributed by atoms with van der Waals surface area (Å²) < 4.78 is 81.8. The van der Waals surface area contributed by atoms with E-state index >= 15 is 0 Å². The molecular weight excluding hydrogens is 480 g/mol. The number of aliphatic hydroxyl groups is 1. The van der Waals surface area contributed by atoms with Crippen molar-refractivity contribution >= 4 is 31.3 Å². The third kappa shape index (κ3) is 18.6. The number of hydrogen-bond acceptors (Lipinski definition) is 10. The van der Waals surface area contributed by atoms with E-state index in [-0.39, 0.29) is 82.8 Å². The van der Waals surface area contributed by atoms with Gasteiger partial charge in [0.1, 0.15) is 0 Å². The van der Waals surface area contributed by atoms with Gasteiger partial charge in [-0.05, 0) is 37.1 Å². The first-order valence-corrected chi connectivity index (χ1v) is 12.5. The van der Waals surface area contributed by atoms with Gasteiger partial charge in [-0.1, -0.05) is 19.1 Å². The zero-order chi connectivity index (χ0) is 21.8. The summed E-state index contributed by atoms with van der Waals surface area (Å²) in [4.78, 5) is 2.06. The topological polar surface area (TPSA) is 178 Å². The van der Waals surface area contributed by atoms with Crippen LogP contribution in [-0.2, 0) is 37.7 Å². The Bertz CT molecular complexity index is 793. The molecule has 0 heterocycles. The summed E-state index contributed by atoms with van der Waals surface area (Å²) in [6.07, 6.45) is 0.935. The fourth-order valence-electron chi connectivity index (χ4n) is 2.27. The molecule has 0 amide bonds. The van der Waals surface area contributed by atoms with Crippen LogP contribution in [0.25, 0.3) is 0 Å². The first kappa shape index (κ1) is 35.7. The second-order valence-corrected chi connectivity index (χ2v) is 9.78. The Kier molecular flexibility index (Phi) is 22.0. The van der Waals surface area contributed by atoms with Gasteiger partial charge in [0, 0.05) is 18.8 Å². The number of benzene rings is 1. The Morgan fingerprint density at radius 3 is 1.87 bits per heavy atom. The Morgan fingerprint density at radius 1 is 0.967 bits per heavy atom. The van der Waals surface area contributed by atoms with Crippen LogP contribution in [0.2, 0.25) is 0 Å². The van der Waals surface area contributed by atoms with Crippen molar-refractivity contribution in [1.82, 2.24) is 4.90 Å². The molecule has 0 saturated heterocycles. The van der Waals surface area contributed by atoms with Gasteiger partial charge in [0.05, 0.1) is 27.4 Å². The minimum absolute atomic E-state index is 0. The molecule has 1 aromatic carbocycles. The predicted octanol–water partition coefficient (Wildman–Crippen LogP) is -6.74. The standard InChI is InChI=1S/C15H25NO6S2.2Na.H2O3S/c1-2-8-16(9-11-17)10-13-23(18,19)15-5-3-14(4-6-15)7-12-24(20,21)22;;;1-4(2)3/h3-6,17H,2,7-13H2,1H3,(H,20,21,22);;;(H2,1,2,3)/q;2*+1;/p-3. The van der Waals surface area contributed by atoms with Crippen LogP contribution in [0.5, 0.6) is 0 Å². The second kappa shape index (κ2) is 18.5. The van der Waals surface area contributed by atoms with Gasteiger partial charge in [-0.25, -0.2) is 16.8 Å². The van der Waals surface area contributed by atoms with Gasteiger partial charge in [0.15, 0.2) is 9.84 Å². The van der Waals surface area contributed by atoms with Crippen molar-refractivity contribution in [3.63, 3.8) is 0 Å². The largest absolute Gasteiger partial charge is 1.00 e. The maximum atomic E-state index is 12.3. The van der Waals surface area contributed by atoms with Crippen LogP contribution in [0, 0.1) is 0 Å². The van der Waals surface area contributed by atoms with Gasteiger partial charge in [0.25, 0.3) is 0 Å². The van der Waals surface area contributed by atoms with Crippen LogP contribution in [0.15, 0.2) is 29.2 Å². The molecule has 164 valence electrons. The van der Waals surface area contributed by atoms with Crippen molar-refractivity contribution in [1.29, 1.82) is 0 Å². The van der Waals surface area contributed by atoms with Gasteiger partial charge in [-0.2, -0.15) is 0 Å². The molecule has 1 aromatic rings. The van der Waals surface area contributed by atoms with Gasteiger partial charge in [-0.3, -0.25) is 4.21 Å². The summed E-state index contributed by atoms with van der Waals surface area (Å²) in [5, 5.41) is 8.99. The monoisotopic (exact) mass is 504 g/mol. The maximum Gasteiger partial charge on any atom is 1.00 e. The minimum atomic E-state index is -4.28. The molecule has 0 bridgehead atoms. The fraction of sp³-hybridized carbons (Fsp3) is 0.600. The van der Waals surface area contributed by atoms with Crippen molar-refractivity contribution < 1.29 is 98.9 Å². The SMILES string of the molecule is CCCN(CCO)CCS(=O)(=O)c1ccc(CCS(=O)(=O)[O-])cc1.O=S([O-])[O-].[Na+].[Na+]. The van der Waals surface area contributed by atoms with Crippen LogP contribution in [-0.4, -0.2) is 82.5 Å². The van der Waals surface area contributed by atoms with Crippen molar-refractivity contribution in [2.75, 3.05) is 37.7 Å². The van der Waals surface area contributed by atoms with Crippen LogP contribution in [0.4, 0.5) is 0 Å². The smallest absolute Gasteiger partial charge is 0.784 e. The fourth-order valence-corrected chi connectivity index (χ4v) is 4.04. The maximum absolute atomic E-state index is 12.3. The Labute approximate surface area is 225 Å². The van der Waals surface area contributed by atoms with Crippen molar-refractivity contribution in [3.8, 4) is 0 Å². The van der Waals surface area contributed by atoms with E-state index in [0.717, 1.165) is 13.0 Å². The number of nitrogens with zero attached hydrogens (tertiary/aromatic N) is 1. The molecule has 0 atom stereocenters. The molecular formula is C15H24NNa2O9S3-. The normalized spacial score (nSPS) is 11.3. The molecule has 0 saturated carbocycles. The van der Waals surface area contributed by atoms with Crippen LogP contribution in [0.3, 0.4) is 0 Å². The van der Waals surface area contributed by atoms with E-state index in [9.17, 15) is 21.4 Å². The third-order valence-electron chi connectivity index (χ3n) is 3.56. The summed E-state index contributed by atoms with van der Waals surface area (Å²) >= 11 is -3.11. The zero-order valence-corrected chi connectivity index (χ0v) is 23.8. The molecule has 0 aliphatic carbocycles. The molecule has 1 N–H and O–H groups in total. The summed E-state index contributed by atoms with van der Waals surface area (Å²) in [6, 6.07) is 5.90. The molecule has 0 aliphatic rings. The number of sulfone groups is 1. The van der Waals surface area contributed by atoms with Gasteiger partial charge >= 0.3 is 59.1 Å². The first-order chi connectivity index (χ1) is 12.9. The molecule has 1 rings (SSSR count). The Hall–Kier alpha value is 1.07. The molecule has 0 radical (unpaired) electrons. The first-order valence-electron chi connectivity index (χ1n) is 8.26. The number of hydrogen-bond donors (Lipinski definition) is 1. The van der Waals surface area contributed by atoms with Crippen LogP contribution in [0.1, 0.15) is 18.9 Å². The van der Waals surface area contributed by atoms with E-state index in [1.54, 1.807) is 0 Å². The quantitative estimate of drug-likeness (QED) is 0.173. The van der Waals surface area contributed by atoms with Crippen molar-refractivity contribution in [2.45, 2.75) is 24.7 Å². The average molecular weight is 505 g/mol. The molecule has 0 aromatic heterocycles. The molecule has 0 aliphatic heterocycles. The second-order valence-electron chi connectivity index (χ2n) is 5.74. The van der Waals surface area contributed by atoms with E-state index in [1.807, 2.05) is 11.8 Å². The van der Waals surface area contributed by atoms with E-state index in [4.69, 9.17) is 18.4 Å². The summed E-state index contributed by atoms with van der Waals surface area (Å²) in [5.41, 5.74) is 0.598. The molecule has 30 heavy (non-hydrogen) atoms. The van der Waals surface area contributed by atoms with Gasteiger partial charge < -0.3 is 23.7 Å². The molecule has 0 unspecified atom stereocenters. The summed E-state index contributed by atoms with van der Waals surface area (Å²) in [5.74, 6) is -0.562. The molecule has 0 spiro atoms. The number of aliphatic hydroxyl groups excluding tert-OH is 1. The zero-order valence-electron chi connectivity index (χ0n) is 17.4. The van der Waals surface area contributed by atoms with Crippen LogP contribution >= 0.6 is 0 Å². The van der Waals surface area contributed by atoms with Crippen LogP contribution < -0.4 is 59.1 Å². The molecule has 10 nitrogen and oxygen atoms in total. The Balaban J connectivity index is -0.00000111. The predicted molar refractivity (Wildman–Crippen MR) is 100 cm³/mol. The van der Waals surface area contributed by atoms with E-state index in [0.29, 0.717) is 18.7 Å². The molecule has 15 heteroatoms. The third-order valence-corrected chi connectivity index (χ3v) is 5.97. The Morgan fingerprint density at radius 2 is 1.47 bits per heavy atom. The molecule has 0 fully saturated rings.